The van der Waals surface area contributed by atoms with Crippen LogP contribution in [0.15, 0.2) is 97.1 Å². The third-order valence-electron chi connectivity index (χ3n) is 7.03. The number of rotatable bonds is 7. The molecule has 5 nitrogen and oxygen atoms in total. The highest BCUT2D eigenvalue weighted by molar-refractivity contribution is 8.13. The Labute approximate surface area is 268 Å². The molecular formula is C31H28F8NO4PS2. The van der Waals surface area contributed by atoms with Crippen molar-refractivity contribution in [3.05, 3.63) is 129 Å². The van der Waals surface area contributed by atoms with Gasteiger partial charge in [-0.3, -0.25) is 0 Å². The summed E-state index contributed by atoms with van der Waals surface area (Å²) in [6, 6.07) is 29.8. The molecule has 0 radical (unpaired) electrons. The summed E-state index contributed by atoms with van der Waals surface area (Å²) < 4.78 is 144. The largest absolute Gasteiger partial charge is 0.480 e. The molecule has 0 bridgehead atoms. The van der Waals surface area contributed by atoms with Gasteiger partial charge in [-0.05, 0) is 74.7 Å². The molecule has 0 aliphatic heterocycles. The highest BCUT2D eigenvalue weighted by Gasteiger charge is 2.68. The summed E-state index contributed by atoms with van der Waals surface area (Å²) in [5, 5.41) is 2.19. The van der Waals surface area contributed by atoms with E-state index in [1.807, 2.05) is 100 Å². The van der Waals surface area contributed by atoms with Crippen LogP contribution in [0, 0.1) is 27.7 Å². The lowest BCUT2D eigenvalue weighted by Gasteiger charge is -2.36. The molecule has 0 spiro atoms. The van der Waals surface area contributed by atoms with E-state index in [-0.39, 0.29) is 5.56 Å². The minimum absolute atomic E-state index is 0.0613. The lowest BCUT2D eigenvalue weighted by Crippen LogP contribution is -2.44. The predicted molar refractivity (Wildman–Crippen MR) is 168 cm³/mol. The Balaban J connectivity index is 0.000000339. The zero-order valence-corrected chi connectivity index (χ0v) is 27.6. The van der Waals surface area contributed by atoms with Gasteiger partial charge in [0.05, 0.1) is 5.56 Å². The fourth-order valence-corrected chi connectivity index (χ4v) is 11.5. The minimum atomic E-state index is -6.72. The van der Waals surface area contributed by atoms with E-state index in [9.17, 15) is 43.2 Å². The van der Waals surface area contributed by atoms with Crippen LogP contribution >= 0.6 is 7.26 Å². The van der Waals surface area contributed by atoms with Crippen molar-refractivity contribution < 1.29 is 52.0 Å². The normalized spacial score (nSPS) is 13.1. The second-order valence-electron chi connectivity index (χ2n) is 10.4. The maximum absolute atomic E-state index is 17.3. The van der Waals surface area contributed by atoms with Gasteiger partial charge in [-0.2, -0.15) is 35.1 Å². The van der Waals surface area contributed by atoms with E-state index in [4.69, 9.17) is 0 Å². The Morgan fingerprint density at radius 3 is 1.06 bits per heavy atom. The molecule has 0 N–H and O–H groups in total. The topological polar surface area (TPSA) is 82.4 Å². The van der Waals surface area contributed by atoms with Crippen LogP contribution in [-0.2, 0) is 25.7 Å². The number of hydrogen-bond donors (Lipinski definition) is 0. The molecule has 0 aliphatic carbocycles. The molecule has 0 amide bonds. The van der Waals surface area contributed by atoms with Crippen LogP contribution in [0.3, 0.4) is 0 Å². The van der Waals surface area contributed by atoms with Crippen LogP contribution in [0.4, 0.5) is 35.1 Å². The van der Waals surface area contributed by atoms with Crippen molar-refractivity contribution in [2.45, 2.75) is 44.4 Å². The van der Waals surface area contributed by atoms with Gasteiger partial charge in [0.2, 0.25) is 0 Å². The van der Waals surface area contributed by atoms with E-state index in [1.54, 1.807) is 24.3 Å². The molecule has 0 atom stereocenters. The first-order chi connectivity index (χ1) is 21.5. The maximum atomic E-state index is 17.3. The Kier molecular flexibility index (Phi) is 11.0. The van der Waals surface area contributed by atoms with Gasteiger partial charge in [0.1, 0.15) is 15.9 Å². The molecule has 47 heavy (non-hydrogen) atoms. The molecular weight excluding hydrogens is 697 g/mol. The summed E-state index contributed by atoms with van der Waals surface area (Å²) in [5.74, 6) is 0. The number of nitrogens with zero attached hydrogens (tertiary/aromatic N) is 1. The lowest BCUT2D eigenvalue weighted by atomic mass is 10.1. The average Bonchev–Trinajstić information content (AvgIpc) is 2.95. The van der Waals surface area contributed by atoms with E-state index in [2.05, 4.69) is 0 Å². The van der Waals surface area contributed by atoms with Gasteiger partial charge < -0.3 is 4.13 Å². The van der Waals surface area contributed by atoms with Crippen molar-refractivity contribution in [2.24, 2.45) is 0 Å². The van der Waals surface area contributed by atoms with Crippen LogP contribution in [0.1, 0.15) is 27.8 Å². The second-order valence-corrected chi connectivity index (χ2v) is 17.1. The van der Waals surface area contributed by atoms with Crippen molar-refractivity contribution in [1.29, 1.82) is 0 Å². The molecule has 0 saturated carbocycles. The number of benzene rings is 4. The third kappa shape index (κ3) is 7.53. The van der Waals surface area contributed by atoms with Gasteiger partial charge in [-0.15, -0.1) is 0 Å². The summed E-state index contributed by atoms with van der Waals surface area (Å²) in [4.78, 5) is 0. The monoisotopic (exact) mass is 725 g/mol. The number of hydrogen-bond acceptors (Lipinski definition) is 4. The summed E-state index contributed by atoms with van der Waals surface area (Å²) in [6.45, 7) is 7.78. The smallest absolute Gasteiger partial charge is 0.421 e. The van der Waals surface area contributed by atoms with E-state index < -0.39 is 44.0 Å². The zero-order chi connectivity index (χ0) is 35.6. The SMILES string of the molecule is Cc1ccc(C(F)(F)[P+](c2ccccc2C)(c2ccccc2C)c2ccccc2C)cc1.O=S(=O)([N-]S(=O)(=O)C(F)(F)F)C(F)(F)F. The van der Waals surface area contributed by atoms with Gasteiger partial charge in [-0.25, -0.2) is 16.8 Å². The maximum Gasteiger partial charge on any atom is 0.480 e. The Morgan fingerprint density at radius 1 is 0.489 bits per heavy atom. The minimum Gasteiger partial charge on any atom is -0.421 e. The molecule has 16 heteroatoms. The number of aryl methyl sites for hydroxylation is 4. The first-order valence-electron chi connectivity index (χ1n) is 13.4. The van der Waals surface area contributed by atoms with Gasteiger partial charge in [-0.1, -0.05) is 72.3 Å². The van der Waals surface area contributed by atoms with Gasteiger partial charge >= 0.3 is 16.7 Å². The van der Waals surface area contributed by atoms with Crippen LogP contribution < -0.4 is 15.9 Å². The van der Waals surface area contributed by atoms with E-state index >= 15 is 8.78 Å². The number of alkyl halides is 8. The Bertz CT molecular complexity index is 1790. The van der Waals surface area contributed by atoms with Crippen LogP contribution in [-0.4, -0.2) is 27.9 Å². The van der Waals surface area contributed by atoms with E-state index in [1.165, 1.54) is 0 Å². The zero-order valence-electron chi connectivity index (χ0n) is 25.1. The first-order valence-corrected chi connectivity index (χ1v) is 18.1. The molecule has 4 aromatic carbocycles. The van der Waals surface area contributed by atoms with Crippen molar-refractivity contribution in [1.82, 2.24) is 0 Å². The summed E-state index contributed by atoms with van der Waals surface area (Å²) in [5.41, 5.74) is -11.8. The highest BCUT2D eigenvalue weighted by Crippen LogP contribution is 2.72. The van der Waals surface area contributed by atoms with Gasteiger partial charge in [0.25, 0.3) is 0 Å². The molecule has 0 saturated heterocycles. The molecule has 0 aliphatic rings. The molecule has 0 unspecified atom stereocenters. The summed E-state index contributed by atoms with van der Waals surface area (Å²) >= 11 is 0. The third-order valence-corrected chi connectivity index (χ3v) is 14.5. The fourth-order valence-electron chi connectivity index (χ4n) is 4.82. The molecule has 0 heterocycles. The molecule has 4 rings (SSSR count). The van der Waals surface area contributed by atoms with Crippen LogP contribution in [0.25, 0.3) is 4.13 Å². The highest BCUT2D eigenvalue weighted by atomic mass is 32.3. The Morgan fingerprint density at radius 2 is 0.787 bits per heavy atom. The van der Waals surface area contributed by atoms with Crippen molar-refractivity contribution in [3.63, 3.8) is 0 Å². The van der Waals surface area contributed by atoms with E-state index in [0.29, 0.717) is 0 Å². The van der Waals surface area contributed by atoms with Crippen molar-refractivity contribution >= 4 is 43.2 Å². The Hall–Kier alpha value is -3.39. The second kappa shape index (κ2) is 13.6. The quantitative estimate of drug-likeness (QED) is 0.143. The molecule has 4 aromatic rings. The molecule has 254 valence electrons. The standard InChI is InChI=1S/C29H28F2P.C2F6NO4S2/c1-21-17-19-25(20-18-21)29(30,31)32(26-14-8-5-11-22(26)2,27-15-9-6-12-23(27)3)28-16-10-7-13-24(28)4;3-1(4,5)14(10,11)9-15(12,13)2(6,7)8/h5-20H,1-4H3;/q+1;-1. The average molecular weight is 726 g/mol. The van der Waals surface area contributed by atoms with Crippen LogP contribution in [0.2, 0.25) is 0 Å². The van der Waals surface area contributed by atoms with E-state index in [0.717, 1.165) is 42.3 Å². The summed E-state index contributed by atoms with van der Waals surface area (Å²) in [6.07, 6.45) is 0. The number of sulfonamides is 2. The molecule has 0 aromatic heterocycles. The fraction of sp³-hybridized carbons (Fsp3) is 0.226. The van der Waals surface area contributed by atoms with Crippen LogP contribution in [0.5, 0.6) is 0 Å². The summed E-state index contributed by atoms with van der Waals surface area (Å²) in [7, 11) is -16.9. The van der Waals surface area contributed by atoms with Crippen molar-refractivity contribution in [2.75, 3.05) is 0 Å². The van der Waals surface area contributed by atoms with Gasteiger partial charge in [0.15, 0.2) is 27.3 Å². The molecule has 0 fully saturated rings. The predicted octanol–water partition coefficient (Wildman–Crippen LogP) is 8.02. The van der Waals surface area contributed by atoms with Gasteiger partial charge in [0, 0.05) is 0 Å². The lowest BCUT2D eigenvalue weighted by molar-refractivity contribution is -0.0444. The van der Waals surface area contributed by atoms with Crippen molar-refractivity contribution in [3.8, 4) is 0 Å². The number of halogens is 8. The first kappa shape index (κ1) is 38.1.